The van der Waals surface area contributed by atoms with Crippen LogP contribution in [0.1, 0.15) is 25.0 Å². The minimum absolute atomic E-state index is 0.0253. The van der Waals surface area contributed by atoms with Crippen LogP contribution in [0.5, 0.6) is 11.5 Å². The number of hydrogen-bond acceptors (Lipinski definition) is 10. The number of nitrogens with zero attached hydrogens (tertiary/aromatic N) is 1. The van der Waals surface area contributed by atoms with Crippen LogP contribution in [0.2, 0.25) is 0 Å². The molecule has 1 heterocycles. The molecule has 0 aromatic heterocycles. The zero-order valence-corrected chi connectivity index (χ0v) is 26.8. The van der Waals surface area contributed by atoms with E-state index in [-0.39, 0.29) is 26.3 Å². The van der Waals surface area contributed by atoms with Gasteiger partial charge in [0.05, 0.1) is 37.1 Å². The summed E-state index contributed by atoms with van der Waals surface area (Å²) >= 11 is 0. The largest absolute Gasteiger partial charge is 0.485 e. The summed E-state index contributed by atoms with van der Waals surface area (Å²) in [5.74, 6) is -0.692. The van der Waals surface area contributed by atoms with E-state index in [2.05, 4.69) is 5.32 Å². The van der Waals surface area contributed by atoms with E-state index >= 15 is 0 Å². The molecule has 2 atom stereocenters. The van der Waals surface area contributed by atoms with Crippen LogP contribution in [0, 0.1) is 0 Å². The Kier molecular flexibility index (Phi) is 11.7. The van der Waals surface area contributed by atoms with Crippen molar-refractivity contribution >= 4 is 49.9 Å². The second-order valence-corrected chi connectivity index (χ2v) is 12.9. The van der Waals surface area contributed by atoms with Crippen molar-refractivity contribution in [1.82, 2.24) is 4.90 Å². The maximum absolute atomic E-state index is 13.1. The van der Waals surface area contributed by atoms with Crippen LogP contribution in [-0.4, -0.2) is 72.1 Å². The van der Waals surface area contributed by atoms with Crippen molar-refractivity contribution in [3.05, 3.63) is 101 Å². The topological polar surface area (TPSA) is 155 Å². The Morgan fingerprint density at radius 1 is 0.717 bits per heavy atom. The van der Waals surface area contributed by atoms with Gasteiger partial charge in [0.2, 0.25) is 0 Å². The Morgan fingerprint density at radius 3 is 1.57 bits per heavy atom. The summed E-state index contributed by atoms with van der Waals surface area (Å²) in [5, 5.41) is 4.53. The Balaban J connectivity index is 1.49. The first-order valence-electron chi connectivity index (χ1n) is 14.3. The van der Waals surface area contributed by atoms with Crippen molar-refractivity contribution in [2.24, 2.45) is 0 Å². The molecule has 3 aromatic rings. The molecular weight excluding hydrogens is 636 g/mol. The van der Waals surface area contributed by atoms with Gasteiger partial charge in [-0.2, -0.15) is 16.8 Å². The predicted molar refractivity (Wildman–Crippen MR) is 173 cm³/mol. The lowest BCUT2D eigenvalue weighted by molar-refractivity contribution is -0.142. The summed E-state index contributed by atoms with van der Waals surface area (Å²) in [6, 6.07) is 21.8. The third-order valence-electron chi connectivity index (χ3n) is 6.48. The molecule has 12 nitrogen and oxygen atoms in total. The van der Waals surface area contributed by atoms with Crippen LogP contribution in [0.15, 0.2) is 89.7 Å². The van der Waals surface area contributed by atoms with Gasteiger partial charge in [0.15, 0.2) is 12.2 Å². The highest BCUT2D eigenvalue weighted by Crippen LogP contribution is 2.25. The van der Waals surface area contributed by atoms with E-state index in [1.54, 1.807) is 92.7 Å². The molecule has 4 rings (SSSR count). The van der Waals surface area contributed by atoms with Crippen molar-refractivity contribution in [2.45, 2.75) is 26.1 Å². The van der Waals surface area contributed by atoms with Crippen molar-refractivity contribution in [3.8, 4) is 11.5 Å². The molecule has 2 amide bonds. The van der Waals surface area contributed by atoms with Gasteiger partial charge in [-0.1, -0.05) is 42.5 Å². The van der Waals surface area contributed by atoms with Gasteiger partial charge in [-0.05, 0) is 73.5 Å². The number of ether oxygens (including phenoxy) is 2. The number of nitrogens with one attached hydrogen (secondary N) is 1. The monoisotopic (exact) mass is 670 g/mol. The Bertz CT molecular complexity index is 1660. The SMILES string of the molecule is CCOS(=O)(=O)/C=C/c1ccc(O[C@@H]2CN(C(=O)C(=O)Nc3ccccc3)C[C@H]2Oc2ccc(/C=C/S(=O)(=O)OCC)cc2)cc1. The number of benzene rings is 3. The molecule has 1 N–H and O–H groups in total. The first kappa shape index (κ1) is 34.4. The highest BCUT2D eigenvalue weighted by atomic mass is 32.2. The lowest BCUT2D eigenvalue weighted by Gasteiger charge is -2.21. The molecule has 0 bridgehead atoms. The second-order valence-electron chi connectivity index (χ2n) is 9.89. The fraction of sp³-hybridized carbons (Fsp3) is 0.250. The lowest BCUT2D eigenvalue weighted by Crippen LogP contribution is -2.39. The Labute approximate surface area is 268 Å². The van der Waals surface area contributed by atoms with Gasteiger partial charge in [0, 0.05) is 5.69 Å². The summed E-state index contributed by atoms with van der Waals surface area (Å²) in [6.07, 6.45) is 1.44. The summed E-state index contributed by atoms with van der Waals surface area (Å²) in [7, 11) is -7.57. The molecule has 1 aliphatic rings. The molecule has 1 fully saturated rings. The summed E-state index contributed by atoms with van der Waals surface area (Å²) < 4.78 is 69.0. The molecule has 14 heteroatoms. The number of hydrogen-bond donors (Lipinski definition) is 1. The van der Waals surface area contributed by atoms with Gasteiger partial charge in [-0.25, -0.2) is 0 Å². The quantitative estimate of drug-likeness (QED) is 0.208. The van der Waals surface area contributed by atoms with Crippen molar-refractivity contribution < 1.29 is 44.3 Å². The minimum atomic E-state index is -3.79. The third-order valence-corrected chi connectivity index (χ3v) is 8.55. The average molecular weight is 671 g/mol. The van der Waals surface area contributed by atoms with Crippen molar-refractivity contribution in [1.29, 1.82) is 0 Å². The van der Waals surface area contributed by atoms with Gasteiger partial charge < -0.3 is 19.7 Å². The average Bonchev–Trinajstić information content (AvgIpc) is 3.42. The Hall–Kier alpha value is -4.50. The van der Waals surface area contributed by atoms with Crippen LogP contribution in [-0.2, 0) is 38.2 Å². The highest BCUT2D eigenvalue weighted by molar-refractivity contribution is 7.90. The zero-order chi connectivity index (χ0) is 33.2. The molecule has 0 aliphatic carbocycles. The lowest BCUT2D eigenvalue weighted by atomic mass is 10.2. The number of para-hydroxylation sites is 1. The second kappa shape index (κ2) is 15.7. The number of rotatable bonds is 13. The van der Waals surface area contributed by atoms with Gasteiger partial charge in [-0.3, -0.25) is 18.0 Å². The van der Waals surface area contributed by atoms with E-state index < -0.39 is 44.3 Å². The number of anilines is 1. The van der Waals surface area contributed by atoms with Crippen molar-refractivity contribution in [3.63, 3.8) is 0 Å². The van der Waals surface area contributed by atoms with Crippen molar-refractivity contribution in [2.75, 3.05) is 31.6 Å². The molecule has 1 saturated heterocycles. The molecule has 0 radical (unpaired) electrons. The van der Waals surface area contributed by atoms with Crippen LogP contribution in [0.25, 0.3) is 12.2 Å². The Morgan fingerprint density at radius 2 is 1.15 bits per heavy atom. The highest BCUT2D eigenvalue weighted by Gasteiger charge is 2.40. The molecule has 3 aromatic carbocycles. The van der Waals surface area contributed by atoms with Gasteiger partial charge in [0.1, 0.15) is 11.5 Å². The fourth-order valence-corrected chi connectivity index (χ4v) is 5.84. The summed E-state index contributed by atoms with van der Waals surface area (Å²) in [6.45, 7) is 3.31. The fourth-order valence-electron chi connectivity index (χ4n) is 4.38. The van der Waals surface area contributed by atoms with Gasteiger partial charge in [0.25, 0.3) is 20.2 Å². The van der Waals surface area contributed by atoms with E-state index in [4.69, 9.17) is 17.8 Å². The molecule has 244 valence electrons. The number of carbonyl (C=O) groups is 2. The van der Waals surface area contributed by atoms with E-state index in [1.165, 1.54) is 17.1 Å². The molecular formula is C32H34N2O10S2. The number of amides is 2. The van der Waals surface area contributed by atoms with Crippen LogP contribution < -0.4 is 14.8 Å². The minimum Gasteiger partial charge on any atom is -0.485 e. The standard InChI is InChI=1S/C32H34N2O10S2/c1-3-41-45(37,38)20-18-24-10-14-27(15-11-24)43-29-22-34(32(36)31(35)33-26-8-6-5-7-9-26)23-30(29)44-28-16-12-25(13-17-28)19-21-46(39,40)42-4-2/h5-21,29-30H,3-4,22-23H2,1-2H3,(H,33,35)/b20-18+,21-19+/t29-,30-/m1/s1. The number of likely N-dealkylation sites (tertiary alicyclic amines) is 1. The maximum atomic E-state index is 13.1. The summed E-state index contributed by atoms with van der Waals surface area (Å²) in [4.78, 5) is 27.2. The van der Waals surface area contributed by atoms with Crippen LogP contribution in [0.4, 0.5) is 5.69 Å². The van der Waals surface area contributed by atoms with Gasteiger partial charge >= 0.3 is 11.8 Å². The molecule has 0 saturated carbocycles. The molecule has 0 spiro atoms. The first-order chi connectivity index (χ1) is 22.0. The zero-order valence-electron chi connectivity index (χ0n) is 25.1. The van der Waals surface area contributed by atoms with Gasteiger partial charge in [-0.15, -0.1) is 0 Å². The van der Waals surface area contributed by atoms with E-state index in [9.17, 15) is 26.4 Å². The maximum Gasteiger partial charge on any atom is 0.313 e. The van der Waals surface area contributed by atoms with Crippen LogP contribution >= 0.6 is 0 Å². The number of carbonyl (C=O) groups excluding carboxylic acids is 2. The molecule has 46 heavy (non-hydrogen) atoms. The van der Waals surface area contributed by atoms with E-state index in [1.807, 2.05) is 0 Å². The first-order valence-corrected chi connectivity index (χ1v) is 17.2. The molecule has 1 aliphatic heterocycles. The summed E-state index contributed by atoms with van der Waals surface area (Å²) in [5.41, 5.74) is 1.66. The van der Waals surface area contributed by atoms with Crippen LogP contribution in [0.3, 0.4) is 0 Å². The normalized spacial score (nSPS) is 17.0. The smallest absolute Gasteiger partial charge is 0.313 e. The van der Waals surface area contributed by atoms with E-state index in [0.717, 1.165) is 10.8 Å². The molecule has 0 unspecified atom stereocenters. The third kappa shape index (κ3) is 10.3. The predicted octanol–water partition coefficient (Wildman–Crippen LogP) is 4.04. The van der Waals surface area contributed by atoms with E-state index in [0.29, 0.717) is 28.3 Å².